The van der Waals surface area contributed by atoms with Gasteiger partial charge in [0.25, 0.3) is 10.0 Å². The Morgan fingerprint density at radius 3 is 2.54 bits per heavy atom. The molecule has 1 N–H and O–H groups in total. The van der Waals surface area contributed by atoms with E-state index >= 15 is 0 Å². The van der Waals surface area contributed by atoms with Crippen LogP contribution in [0.2, 0.25) is 0 Å². The number of hydrogen-bond acceptors (Lipinski definition) is 5. The summed E-state index contributed by atoms with van der Waals surface area (Å²) in [6.07, 6.45) is 6.30. The number of sulfonamides is 1. The van der Waals surface area contributed by atoms with Gasteiger partial charge >= 0.3 is 0 Å². The van der Waals surface area contributed by atoms with E-state index in [1.807, 2.05) is 6.92 Å². The molecule has 6 nitrogen and oxygen atoms in total. The van der Waals surface area contributed by atoms with Crippen molar-refractivity contribution in [1.82, 2.24) is 14.5 Å². The van der Waals surface area contributed by atoms with Gasteiger partial charge in [0.1, 0.15) is 4.21 Å². The second-order valence-corrected chi connectivity index (χ2v) is 10.4. The van der Waals surface area contributed by atoms with E-state index < -0.39 is 10.0 Å². The highest BCUT2D eigenvalue weighted by molar-refractivity contribution is 7.91. The molecule has 0 aromatic carbocycles. The number of carbonyl (C=O) groups is 1. The fraction of sp³-hybridized carbons (Fsp3) is 0.722. The average molecular weight is 400 g/mol. The van der Waals surface area contributed by atoms with Gasteiger partial charge in [-0.25, -0.2) is 8.42 Å². The summed E-state index contributed by atoms with van der Waals surface area (Å²) < 4.78 is 27.1. The highest BCUT2D eigenvalue weighted by Gasteiger charge is 2.32. The molecule has 8 heteroatoms. The third kappa shape index (κ3) is 4.65. The van der Waals surface area contributed by atoms with Crippen LogP contribution >= 0.6 is 11.3 Å². The van der Waals surface area contributed by atoms with E-state index in [0.717, 1.165) is 6.54 Å². The summed E-state index contributed by atoms with van der Waals surface area (Å²) in [7, 11) is -3.39. The summed E-state index contributed by atoms with van der Waals surface area (Å²) in [5, 5.41) is 4.88. The molecule has 2 aliphatic rings. The molecule has 1 amide bonds. The Labute approximate surface area is 160 Å². The van der Waals surface area contributed by atoms with Crippen molar-refractivity contribution in [2.24, 2.45) is 5.92 Å². The van der Waals surface area contributed by atoms with E-state index in [9.17, 15) is 13.2 Å². The van der Waals surface area contributed by atoms with E-state index in [0.29, 0.717) is 36.3 Å². The van der Waals surface area contributed by atoms with Gasteiger partial charge in [-0.2, -0.15) is 4.31 Å². The van der Waals surface area contributed by atoms with Crippen molar-refractivity contribution in [2.75, 3.05) is 32.7 Å². The van der Waals surface area contributed by atoms with Crippen molar-refractivity contribution in [3.8, 4) is 0 Å². The molecule has 1 aromatic rings. The van der Waals surface area contributed by atoms with Crippen LogP contribution in [0.4, 0.5) is 0 Å². The largest absolute Gasteiger partial charge is 0.354 e. The van der Waals surface area contributed by atoms with Crippen LogP contribution in [0.3, 0.4) is 0 Å². The number of nitrogens with zero attached hydrogens (tertiary/aromatic N) is 2. The Bertz CT molecular complexity index is 677. The molecule has 26 heavy (non-hydrogen) atoms. The minimum absolute atomic E-state index is 0.0603. The van der Waals surface area contributed by atoms with E-state index in [1.165, 1.54) is 47.7 Å². The molecule has 0 radical (unpaired) electrons. The van der Waals surface area contributed by atoms with Crippen molar-refractivity contribution < 1.29 is 13.2 Å². The second kappa shape index (κ2) is 8.82. The zero-order valence-electron chi connectivity index (χ0n) is 15.4. The normalized spacial score (nSPS) is 22.2. The van der Waals surface area contributed by atoms with E-state index in [1.54, 1.807) is 17.5 Å². The maximum Gasteiger partial charge on any atom is 0.252 e. The Balaban J connectivity index is 1.47. The first-order valence-corrected chi connectivity index (χ1v) is 11.9. The van der Waals surface area contributed by atoms with E-state index in [-0.39, 0.29) is 11.9 Å². The average Bonchev–Trinajstić information content (AvgIpc) is 3.22. The lowest BCUT2D eigenvalue weighted by Crippen LogP contribution is -2.55. The molecule has 1 aliphatic carbocycles. The number of piperazine rings is 1. The highest BCUT2D eigenvalue weighted by atomic mass is 32.2. The van der Waals surface area contributed by atoms with Crippen LogP contribution in [0.15, 0.2) is 21.7 Å². The van der Waals surface area contributed by atoms with Gasteiger partial charge in [0.2, 0.25) is 5.91 Å². The molecular formula is C18H29N3O3S2. The van der Waals surface area contributed by atoms with Crippen LogP contribution in [0, 0.1) is 5.92 Å². The summed E-state index contributed by atoms with van der Waals surface area (Å²) >= 11 is 1.25. The monoisotopic (exact) mass is 399 g/mol. The Kier molecular flexibility index (Phi) is 6.71. The maximum atomic E-state index is 12.6. The van der Waals surface area contributed by atoms with Gasteiger partial charge in [0, 0.05) is 32.7 Å². The molecule has 1 saturated carbocycles. The van der Waals surface area contributed by atoms with Gasteiger partial charge in [0.15, 0.2) is 0 Å². The summed E-state index contributed by atoms with van der Waals surface area (Å²) in [5.41, 5.74) is 0. The smallest absolute Gasteiger partial charge is 0.252 e. The molecule has 1 unspecified atom stereocenters. The predicted molar refractivity (Wildman–Crippen MR) is 104 cm³/mol. The van der Waals surface area contributed by atoms with Gasteiger partial charge in [-0.05, 0) is 37.1 Å². The van der Waals surface area contributed by atoms with Crippen molar-refractivity contribution in [2.45, 2.75) is 49.3 Å². The molecule has 2 heterocycles. The Morgan fingerprint density at radius 2 is 1.92 bits per heavy atom. The van der Waals surface area contributed by atoms with Gasteiger partial charge in [-0.15, -0.1) is 11.3 Å². The first-order valence-electron chi connectivity index (χ1n) is 9.54. The molecular weight excluding hydrogens is 370 g/mol. The standard InChI is InChI=1S/C18H29N3O3S2/c1-15(18(22)19-14-16-6-3-2-4-7-16)20-9-11-21(12-10-20)26(23,24)17-8-5-13-25-17/h5,8,13,15-16H,2-4,6-7,9-12,14H2,1H3,(H,19,22). The van der Waals surface area contributed by atoms with Crippen LogP contribution in [-0.2, 0) is 14.8 Å². The van der Waals surface area contributed by atoms with Crippen molar-refractivity contribution >= 4 is 27.3 Å². The van der Waals surface area contributed by atoms with Crippen molar-refractivity contribution in [3.05, 3.63) is 17.5 Å². The number of amides is 1. The third-order valence-corrected chi connectivity index (χ3v) is 8.85. The number of thiophene rings is 1. The van der Waals surface area contributed by atoms with E-state index in [4.69, 9.17) is 0 Å². The summed E-state index contributed by atoms with van der Waals surface area (Å²) in [6.45, 7) is 4.72. The minimum atomic E-state index is -3.39. The molecule has 1 aromatic heterocycles. The van der Waals surface area contributed by atoms with E-state index in [2.05, 4.69) is 10.2 Å². The zero-order valence-corrected chi connectivity index (χ0v) is 17.0. The van der Waals surface area contributed by atoms with Crippen LogP contribution in [0.1, 0.15) is 39.0 Å². The molecule has 0 spiro atoms. The van der Waals surface area contributed by atoms with Crippen LogP contribution < -0.4 is 5.32 Å². The molecule has 0 bridgehead atoms. The van der Waals surface area contributed by atoms with Gasteiger partial charge in [0.05, 0.1) is 6.04 Å². The fourth-order valence-corrected chi connectivity index (χ4v) is 6.39. The zero-order chi connectivity index (χ0) is 18.6. The van der Waals surface area contributed by atoms with Gasteiger partial charge in [-0.1, -0.05) is 25.3 Å². The fourth-order valence-electron chi connectivity index (χ4n) is 3.82. The highest BCUT2D eigenvalue weighted by Crippen LogP contribution is 2.24. The van der Waals surface area contributed by atoms with Crippen LogP contribution in [0.25, 0.3) is 0 Å². The lowest BCUT2D eigenvalue weighted by atomic mass is 9.89. The Morgan fingerprint density at radius 1 is 1.23 bits per heavy atom. The SMILES string of the molecule is CC(C(=O)NCC1CCCCC1)N1CCN(S(=O)(=O)c2cccs2)CC1. The van der Waals surface area contributed by atoms with Crippen LogP contribution in [-0.4, -0.2) is 62.3 Å². The second-order valence-electron chi connectivity index (χ2n) is 7.30. The lowest BCUT2D eigenvalue weighted by Gasteiger charge is -2.36. The lowest BCUT2D eigenvalue weighted by molar-refractivity contribution is -0.126. The first kappa shape index (κ1) is 19.8. The summed E-state index contributed by atoms with van der Waals surface area (Å²) in [6, 6.07) is 3.19. The topological polar surface area (TPSA) is 69.7 Å². The number of nitrogens with one attached hydrogen (secondary N) is 1. The van der Waals surface area contributed by atoms with Gasteiger partial charge in [-0.3, -0.25) is 9.69 Å². The molecule has 2 fully saturated rings. The Hall–Kier alpha value is -0.960. The molecule has 146 valence electrons. The molecule has 1 saturated heterocycles. The van der Waals surface area contributed by atoms with Crippen LogP contribution in [0.5, 0.6) is 0 Å². The summed E-state index contributed by atoms with van der Waals surface area (Å²) in [5.74, 6) is 0.679. The first-order chi connectivity index (χ1) is 12.5. The molecule has 1 atom stereocenters. The quantitative estimate of drug-likeness (QED) is 0.796. The van der Waals surface area contributed by atoms with Crippen molar-refractivity contribution in [1.29, 1.82) is 0 Å². The molecule has 1 aliphatic heterocycles. The molecule has 3 rings (SSSR count). The summed E-state index contributed by atoms with van der Waals surface area (Å²) in [4.78, 5) is 14.5. The number of carbonyl (C=O) groups excluding carboxylic acids is 1. The van der Waals surface area contributed by atoms with Crippen molar-refractivity contribution in [3.63, 3.8) is 0 Å². The maximum absolute atomic E-state index is 12.6. The predicted octanol–water partition coefficient (Wildman–Crippen LogP) is 2.14. The third-order valence-electron chi connectivity index (χ3n) is 5.58. The number of hydrogen-bond donors (Lipinski definition) is 1. The minimum Gasteiger partial charge on any atom is -0.354 e. The van der Waals surface area contributed by atoms with Gasteiger partial charge < -0.3 is 5.32 Å². The number of rotatable bonds is 6.